The molecule has 23 heavy (non-hydrogen) atoms. The van der Waals surface area contributed by atoms with Gasteiger partial charge in [0.1, 0.15) is 17.5 Å². The maximum atomic E-state index is 12.0. The van der Waals surface area contributed by atoms with Crippen LogP contribution in [0.4, 0.5) is 11.4 Å². The van der Waals surface area contributed by atoms with Crippen LogP contribution in [0.3, 0.4) is 0 Å². The van der Waals surface area contributed by atoms with E-state index in [0.717, 1.165) is 0 Å². The number of anilines is 1. The van der Waals surface area contributed by atoms with Crippen molar-refractivity contribution in [3.63, 3.8) is 0 Å². The third-order valence-electron chi connectivity index (χ3n) is 3.10. The molecule has 0 aliphatic heterocycles. The number of benzene rings is 1. The zero-order chi connectivity index (χ0) is 16.8. The third kappa shape index (κ3) is 4.07. The highest BCUT2D eigenvalue weighted by Gasteiger charge is 2.19. The van der Waals surface area contributed by atoms with Gasteiger partial charge in [0.25, 0.3) is 5.69 Å². The van der Waals surface area contributed by atoms with Gasteiger partial charge >= 0.3 is 0 Å². The third-order valence-corrected chi connectivity index (χ3v) is 3.10. The first-order valence-electron chi connectivity index (χ1n) is 6.76. The van der Waals surface area contributed by atoms with Gasteiger partial charge in [-0.2, -0.15) is 5.26 Å². The molecular weight excluding hydrogens is 300 g/mol. The van der Waals surface area contributed by atoms with E-state index in [2.05, 4.69) is 10.6 Å². The molecule has 8 heteroatoms. The van der Waals surface area contributed by atoms with Crippen molar-refractivity contribution in [3.05, 3.63) is 58.0 Å². The summed E-state index contributed by atoms with van der Waals surface area (Å²) in [6.45, 7) is 1.79. The molecule has 1 amide bonds. The number of nitrogens with one attached hydrogen (secondary N) is 2. The number of amides is 1. The monoisotopic (exact) mass is 314 g/mol. The molecule has 0 radical (unpaired) electrons. The minimum Gasteiger partial charge on any atom is -0.467 e. The molecule has 0 saturated carbocycles. The molecule has 0 aliphatic carbocycles. The first kappa shape index (κ1) is 16.0. The normalized spacial score (nSPS) is 11.3. The van der Waals surface area contributed by atoms with E-state index in [4.69, 9.17) is 9.68 Å². The number of carbonyl (C=O) groups is 1. The molecule has 0 saturated heterocycles. The van der Waals surface area contributed by atoms with Crippen molar-refractivity contribution >= 4 is 17.3 Å². The highest BCUT2D eigenvalue weighted by atomic mass is 16.6. The minimum atomic E-state index is -0.724. The van der Waals surface area contributed by atoms with Gasteiger partial charge in [0.2, 0.25) is 5.91 Å². The largest absolute Gasteiger partial charge is 0.467 e. The van der Waals surface area contributed by atoms with E-state index in [-0.39, 0.29) is 29.4 Å². The summed E-state index contributed by atoms with van der Waals surface area (Å²) in [6, 6.07) is 8.53. The van der Waals surface area contributed by atoms with Gasteiger partial charge in [-0.25, -0.2) is 0 Å². The summed E-state index contributed by atoms with van der Waals surface area (Å²) in [5.74, 6) is 0.251. The van der Waals surface area contributed by atoms with Gasteiger partial charge < -0.3 is 15.1 Å². The Morgan fingerprint density at radius 1 is 1.48 bits per heavy atom. The molecule has 8 nitrogen and oxygen atoms in total. The molecule has 0 fully saturated rings. The van der Waals surface area contributed by atoms with Crippen LogP contribution in [0.5, 0.6) is 0 Å². The zero-order valence-electron chi connectivity index (χ0n) is 12.3. The van der Waals surface area contributed by atoms with E-state index in [1.165, 1.54) is 24.5 Å². The Bertz CT molecular complexity index is 749. The number of carbonyl (C=O) groups excluding carboxylic acids is 1. The fourth-order valence-corrected chi connectivity index (χ4v) is 1.92. The van der Waals surface area contributed by atoms with Gasteiger partial charge in [-0.05, 0) is 31.2 Å². The molecule has 0 aliphatic rings. The fourth-order valence-electron chi connectivity index (χ4n) is 1.92. The molecule has 0 bridgehead atoms. The van der Waals surface area contributed by atoms with Crippen molar-refractivity contribution in [1.82, 2.24) is 5.32 Å². The SMILES string of the molecule is C[C@@H](Nc1cc(C#N)ccc1[N+](=O)[O-])C(=O)NCc1ccco1. The highest BCUT2D eigenvalue weighted by molar-refractivity contribution is 5.85. The van der Waals surface area contributed by atoms with Gasteiger partial charge in [-0.1, -0.05) is 0 Å². The number of nitrogens with zero attached hydrogens (tertiary/aromatic N) is 2. The fraction of sp³-hybridized carbons (Fsp3) is 0.200. The van der Waals surface area contributed by atoms with Crippen LogP contribution in [0.15, 0.2) is 41.0 Å². The molecule has 0 unspecified atom stereocenters. The second kappa shape index (κ2) is 7.09. The van der Waals surface area contributed by atoms with E-state index in [1.807, 2.05) is 6.07 Å². The van der Waals surface area contributed by atoms with Gasteiger partial charge in [-0.3, -0.25) is 14.9 Å². The average Bonchev–Trinajstić information content (AvgIpc) is 3.05. The maximum Gasteiger partial charge on any atom is 0.292 e. The van der Waals surface area contributed by atoms with Gasteiger partial charge in [0.15, 0.2) is 0 Å². The second-order valence-electron chi connectivity index (χ2n) is 4.76. The first-order chi connectivity index (χ1) is 11.0. The molecule has 1 atom stereocenters. The van der Waals surface area contributed by atoms with Crippen LogP contribution in [-0.2, 0) is 11.3 Å². The lowest BCUT2D eigenvalue weighted by molar-refractivity contribution is -0.384. The number of rotatable bonds is 6. The van der Waals surface area contributed by atoms with E-state index >= 15 is 0 Å². The number of nitro benzene ring substituents is 1. The van der Waals surface area contributed by atoms with Crippen LogP contribution in [0.1, 0.15) is 18.2 Å². The quantitative estimate of drug-likeness (QED) is 0.622. The molecule has 2 aromatic rings. The van der Waals surface area contributed by atoms with Gasteiger partial charge in [0, 0.05) is 6.07 Å². The van der Waals surface area contributed by atoms with E-state index in [1.54, 1.807) is 19.1 Å². The van der Waals surface area contributed by atoms with Gasteiger partial charge in [0.05, 0.1) is 29.4 Å². The van der Waals surface area contributed by atoms with Crippen molar-refractivity contribution in [2.45, 2.75) is 19.5 Å². The van der Waals surface area contributed by atoms with Crippen LogP contribution in [0.2, 0.25) is 0 Å². The second-order valence-corrected chi connectivity index (χ2v) is 4.76. The summed E-state index contributed by atoms with van der Waals surface area (Å²) in [5, 5.41) is 25.3. The highest BCUT2D eigenvalue weighted by Crippen LogP contribution is 2.25. The Labute approximate surface area is 131 Å². The Kier molecular flexibility index (Phi) is 4.94. The predicted octanol–water partition coefficient (Wildman–Crippen LogP) is 2.18. The topological polar surface area (TPSA) is 121 Å². The van der Waals surface area contributed by atoms with Crippen LogP contribution in [0, 0.1) is 21.4 Å². The summed E-state index contributed by atoms with van der Waals surface area (Å²) in [7, 11) is 0. The smallest absolute Gasteiger partial charge is 0.292 e. The number of nitriles is 1. The number of hydrogen-bond donors (Lipinski definition) is 2. The summed E-state index contributed by atoms with van der Waals surface area (Å²) in [4.78, 5) is 22.5. The Hall–Kier alpha value is -3.34. The lowest BCUT2D eigenvalue weighted by Gasteiger charge is -2.15. The minimum absolute atomic E-state index is 0.120. The summed E-state index contributed by atoms with van der Waals surface area (Å²) >= 11 is 0. The van der Waals surface area contributed by atoms with Crippen LogP contribution < -0.4 is 10.6 Å². The van der Waals surface area contributed by atoms with Crippen molar-refractivity contribution < 1.29 is 14.1 Å². The molecule has 2 N–H and O–H groups in total. The molecule has 118 valence electrons. The van der Waals surface area contributed by atoms with Crippen LogP contribution in [-0.4, -0.2) is 16.9 Å². The molecular formula is C15H14N4O4. The average molecular weight is 314 g/mol. The standard InChI is InChI=1S/C15H14N4O4/c1-10(15(20)17-9-12-3-2-6-23-12)18-13-7-11(8-16)4-5-14(13)19(21)22/h2-7,10,18H,9H2,1H3,(H,17,20)/t10-/m1/s1. The molecule has 1 aromatic carbocycles. The Balaban J connectivity index is 2.06. The molecule has 2 rings (SSSR count). The molecule has 1 aromatic heterocycles. The Morgan fingerprint density at radius 2 is 2.26 bits per heavy atom. The molecule has 0 spiro atoms. The summed E-state index contributed by atoms with van der Waals surface area (Å²) < 4.78 is 5.10. The predicted molar refractivity (Wildman–Crippen MR) is 81.5 cm³/mol. The van der Waals surface area contributed by atoms with E-state index < -0.39 is 11.0 Å². The molecule has 1 heterocycles. The van der Waals surface area contributed by atoms with Gasteiger partial charge in [-0.15, -0.1) is 0 Å². The number of furan rings is 1. The van der Waals surface area contributed by atoms with Crippen molar-refractivity contribution in [2.24, 2.45) is 0 Å². The van der Waals surface area contributed by atoms with Crippen LogP contribution in [0.25, 0.3) is 0 Å². The first-order valence-corrected chi connectivity index (χ1v) is 6.76. The summed E-state index contributed by atoms with van der Waals surface area (Å²) in [5.41, 5.74) is 0.186. The number of nitro groups is 1. The Morgan fingerprint density at radius 3 is 2.87 bits per heavy atom. The maximum absolute atomic E-state index is 12.0. The summed E-state index contributed by atoms with van der Waals surface area (Å²) in [6.07, 6.45) is 1.50. The van der Waals surface area contributed by atoms with Crippen LogP contribution >= 0.6 is 0 Å². The lowest BCUT2D eigenvalue weighted by atomic mass is 10.1. The van der Waals surface area contributed by atoms with E-state index in [0.29, 0.717) is 5.76 Å². The number of hydrogen-bond acceptors (Lipinski definition) is 6. The lowest BCUT2D eigenvalue weighted by Crippen LogP contribution is -2.37. The van der Waals surface area contributed by atoms with Crippen molar-refractivity contribution in [3.8, 4) is 6.07 Å². The van der Waals surface area contributed by atoms with E-state index in [9.17, 15) is 14.9 Å². The zero-order valence-corrected chi connectivity index (χ0v) is 12.3. The van der Waals surface area contributed by atoms with Crippen molar-refractivity contribution in [1.29, 1.82) is 5.26 Å². The van der Waals surface area contributed by atoms with Crippen molar-refractivity contribution in [2.75, 3.05) is 5.32 Å².